The van der Waals surface area contributed by atoms with Crippen LogP contribution >= 0.6 is 0 Å². The summed E-state index contributed by atoms with van der Waals surface area (Å²) in [5, 5.41) is 23.2. The fourth-order valence-electron chi connectivity index (χ4n) is 11.2. The van der Waals surface area contributed by atoms with E-state index in [1.807, 2.05) is 0 Å². The molecule has 76 heavy (non-hydrogen) atoms. The fraction of sp³-hybridized carbons (Fsp3) is 0.943. The largest absolute Gasteiger partial charge is 0.466 e. The lowest BCUT2D eigenvalue weighted by Gasteiger charge is -2.22. The first-order valence-corrected chi connectivity index (χ1v) is 34.9. The number of esters is 1. The molecule has 452 valence electrons. The van der Waals surface area contributed by atoms with E-state index in [2.05, 4.69) is 31.3 Å². The fourth-order valence-corrected chi connectivity index (χ4v) is 11.2. The highest BCUT2D eigenvalue weighted by molar-refractivity contribution is 5.76. The number of aliphatic hydroxyl groups is 2. The predicted molar refractivity (Wildman–Crippen MR) is 333 cm³/mol. The van der Waals surface area contributed by atoms with Crippen molar-refractivity contribution in [2.75, 3.05) is 13.2 Å². The van der Waals surface area contributed by atoms with Gasteiger partial charge in [0.25, 0.3) is 0 Å². The maximum absolute atomic E-state index is 12.5. The van der Waals surface area contributed by atoms with Gasteiger partial charge in [-0.15, -0.1) is 0 Å². The van der Waals surface area contributed by atoms with Crippen molar-refractivity contribution in [3.05, 3.63) is 12.2 Å². The number of aliphatic hydroxyl groups excluding tert-OH is 2. The van der Waals surface area contributed by atoms with E-state index in [0.717, 1.165) is 38.5 Å². The van der Waals surface area contributed by atoms with Gasteiger partial charge in [-0.3, -0.25) is 9.59 Å². The Morgan fingerprint density at radius 3 is 0.934 bits per heavy atom. The molecule has 0 aromatic carbocycles. The topological polar surface area (TPSA) is 95.9 Å². The van der Waals surface area contributed by atoms with Crippen LogP contribution in [0.15, 0.2) is 12.2 Å². The van der Waals surface area contributed by atoms with Gasteiger partial charge in [0.1, 0.15) is 0 Å². The van der Waals surface area contributed by atoms with Crippen LogP contribution in [0.2, 0.25) is 0 Å². The molecule has 0 aromatic heterocycles. The molecule has 0 bridgehead atoms. The third-order valence-electron chi connectivity index (χ3n) is 16.6. The number of rotatable bonds is 66. The molecule has 2 atom stereocenters. The van der Waals surface area contributed by atoms with Gasteiger partial charge in [-0.25, -0.2) is 0 Å². The number of ether oxygens (including phenoxy) is 1. The minimum Gasteiger partial charge on any atom is -0.466 e. The van der Waals surface area contributed by atoms with Crippen molar-refractivity contribution < 1.29 is 24.5 Å². The summed E-state index contributed by atoms with van der Waals surface area (Å²) in [5.41, 5.74) is 0. The molecule has 6 heteroatoms. The Hall–Kier alpha value is -1.40. The van der Waals surface area contributed by atoms with Gasteiger partial charge in [0.2, 0.25) is 5.91 Å². The van der Waals surface area contributed by atoms with Gasteiger partial charge < -0.3 is 20.3 Å². The Morgan fingerprint density at radius 2 is 0.618 bits per heavy atom. The van der Waals surface area contributed by atoms with Gasteiger partial charge in [-0.1, -0.05) is 347 Å². The van der Waals surface area contributed by atoms with Crippen LogP contribution in [0.1, 0.15) is 399 Å². The second kappa shape index (κ2) is 66.1. The Balaban J connectivity index is 3.31. The molecule has 0 fully saturated rings. The van der Waals surface area contributed by atoms with Crippen LogP contribution < -0.4 is 5.32 Å². The van der Waals surface area contributed by atoms with Crippen LogP contribution in [0, 0.1) is 0 Å². The molecule has 0 aromatic rings. The van der Waals surface area contributed by atoms with E-state index in [4.69, 9.17) is 4.74 Å². The number of hydrogen-bond donors (Lipinski definition) is 3. The van der Waals surface area contributed by atoms with E-state index in [0.29, 0.717) is 25.9 Å². The summed E-state index contributed by atoms with van der Waals surface area (Å²) < 4.78 is 5.50. The maximum Gasteiger partial charge on any atom is 0.305 e. The van der Waals surface area contributed by atoms with Crippen molar-refractivity contribution in [2.24, 2.45) is 0 Å². The molecule has 6 nitrogen and oxygen atoms in total. The molecule has 0 aliphatic carbocycles. The molecule has 0 aliphatic rings. The number of amides is 1. The van der Waals surface area contributed by atoms with E-state index in [1.54, 1.807) is 0 Å². The van der Waals surface area contributed by atoms with Crippen molar-refractivity contribution in [1.29, 1.82) is 0 Å². The van der Waals surface area contributed by atoms with Crippen molar-refractivity contribution in [1.82, 2.24) is 5.32 Å². The Bertz CT molecular complexity index is 1140. The third-order valence-corrected chi connectivity index (χ3v) is 16.6. The molecule has 0 saturated carbocycles. The molecule has 0 rings (SSSR count). The summed E-state index contributed by atoms with van der Waals surface area (Å²) in [5.74, 6) is -0.00870. The molecular weight excluding hydrogens is 935 g/mol. The molecule has 1 amide bonds. The van der Waals surface area contributed by atoms with E-state index in [1.165, 1.54) is 327 Å². The van der Waals surface area contributed by atoms with Gasteiger partial charge >= 0.3 is 5.97 Å². The number of carbonyl (C=O) groups excluding carboxylic acids is 2. The SMILES string of the molecule is CCCCCCCCCCCCCCCCCCC(=O)OCCCCCCCCCCCCCC/C=C\CCCCCCCCCCCCCCCCCCC(=O)NC(CO)C(O)CCCCCCCCCCCCC. The molecule has 0 aliphatic heterocycles. The average Bonchev–Trinajstić information content (AvgIpc) is 3.42. The number of carbonyl (C=O) groups is 2. The quantitative estimate of drug-likeness (QED) is 0.0320. The number of allylic oxidation sites excluding steroid dienone is 2. The van der Waals surface area contributed by atoms with Crippen LogP contribution in [0.4, 0.5) is 0 Å². The van der Waals surface area contributed by atoms with E-state index >= 15 is 0 Å². The van der Waals surface area contributed by atoms with E-state index in [9.17, 15) is 19.8 Å². The highest BCUT2D eigenvalue weighted by Crippen LogP contribution is 2.19. The highest BCUT2D eigenvalue weighted by atomic mass is 16.5. The highest BCUT2D eigenvalue weighted by Gasteiger charge is 2.20. The average molecular weight is 1070 g/mol. The smallest absolute Gasteiger partial charge is 0.305 e. The number of unbranched alkanes of at least 4 members (excludes halogenated alkanes) is 53. The van der Waals surface area contributed by atoms with Crippen molar-refractivity contribution >= 4 is 11.9 Å². The van der Waals surface area contributed by atoms with Gasteiger partial charge in [-0.05, 0) is 51.4 Å². The molecule has 0 saturated heterocycles. The second-order valence-corrected chi connectivity index (χ2v) is 24.2. The number of nitrogens with one attached hydrogen (secondary N) is 1. The normalized spacial score (nSPS) is 12.5. The van der Waals surface area contributed by atoms with Crippen LogP contribution in [-0.4, -0.2) is 47.4 Å². The zero-order chi connectivity index (χ0) is 55.0. The summed E-state index contributed by atoms with van der Waals surface area (Å²) in [7, 11) is 0. The molecule has 3 N–H and O–H groups in total. The van der Waals surface area contributed by atoms with Gasteiger partial charge in [-0.2, -0.15) is 0 Å². The zero-order valence-corrected chi connectivity index (χ0v) is 51.8. The lowest BCUT2D eigenvalue weighted by atomic mass is 10.0. The van der Waals surface area contributed by atoms with Crippen LogP contribution in [-0.2, 0) is 14.3 Å². The van der Waals surface area contributed by atoms with Crippen molar-refractivity contribution in [2.45, 2.75) is 411 Å². The number of hydrogen-bond acceptors (Lipinski definition) is 5. The van der Waals surface area contributed by atoms with Crippen molar-refractivity contribution in [3.8, 4) is 0 Å². The lowest BCUT2D eigenvalue weighted by molar-refractivity contribution is -0.143. The summed E-state index contributed by atoms with van der Waals surface area (Å²) in [6.07, 6.45) is 81.3. The predicted octanol–water partition coefficient (Wildman–Crippen LogP) is 22.4. The van der Waals surface area contributed by atoms with Crippen LogP contribution in [0.3, 0.4) is 0 Å². The third kappa shape index (κ3) is 61.8. The van der Waals surface area contributed by atoms with Crippen molar-refractivity contribution in [3.63, 3.8) is 0 Å². The minimum absolute atomic E-state index is 0.0225. The van der Waals surface area contributed by atoms with Crippen LogP contribution in [0.25, 0.3) is 0 Å². The molecule has 0 heterocycles. The second-order valence-electron chi connectivity index (χ2n) is 24.2. The summed E-state index contributed by atoms with van der Waals surface area (Å²) in [4.78, 5) is 24.5. The molecular formula is C70H137NO5. The van der Waals surface area contributed by atoms with Gasteiger partial charge in [0.05, 0.1) is 25.4 Å². The first kappa shape index (κ1) is 74.6. The summed E-state index contributed by atoms with van der Waals surface area (Å²) >= 11 is 0. The van der Waals surface area contributed by atoms with E-state index < -0.39 is 12.1 Å². The zero-order valence-electron chi connectivity index (χ0n) is 51.8. The minimum atomic E-state index is -0.660. The summed E-state index contributed by atoms with van der Waals surface area (Å²) in [6.45, 7) is 4.98. The van der Waals surface area contributed by atoms with Gasteiger partial charge in [0, 0.05) is 12.8 Å². The van der Waals surface area contributed by atoms with Crippen LogP contribution in [0.5, 0.6) is 0 Å². The van der Waals surface area contributed by atoms with Gasteiger partial charge in [0.15, 0.2) is 0 Å². The maximum atomic E-state index is 12.5. The Kier molecular flexibility index (Phi) is 64.9. The first-order chi connectivity index (χ1) is 37.5. The lowest BCUT2D eigenvalue weighted by Crippen LogP contribution is -2.45. The summed E-state index contributed by atoms with van der Waals surface area (Å²) in [6, 6.07) is -0.537. The molecule has 2 unspecified atom stereocenters. The van der Waals surface area contributed by atoms with E-state index in [-0.39, 0.29) is 18.5 Å². The molecule has 0 spiro atoms. The monoisotopic (exact) mass is 1070 g/mol. The molecule has 0 radical (unpaired) electrons. The Labute approximate surface area is 476 Å². The standard InChI is InChI=1S/C70H137NO5/c1-3-5-7-9-11-13-15-16-17-37-40-44-48-52-56-60-64-70(75)76-65-61-57-53-49-45-41-38-35-33-31-29-27-25-23-21-19-18-20-22-24-26-28-30-32-34-36-39-43-47-51-55-59-63-69(74)71-67(66-72)68(73)62-58-54-50-46-42-14-12-10-8-6-4-2/h21,23,67-68,72-73H,3-20,22,24-66H2,1-2H3,(H,71,74)/b23-21-. The Morgan fingerprint density at radius 1 is 0.355 bits per heavy atom. The first-order valence-electron chi connectivity index (χ1n) is 34.9.